The Kier molecular flexibility index (Phi) is 4.12. The minimum atomic E-state index is 0.797. The predicted molar refractivity (Wildman–Crippen MR) is 110 cm³/mol. The monoisotopic (exact) mass is 364 g/mol. The largest absolute Gasteiger partial charge is 0.497 e. The maximum atomic E-state index is 5.40. The van der Waals surface area contributed by atoms with Crippen LogP contribution in [0.4, 0.5) is 5.13 Å². The lowest BCUT2D eigenvalue weighted by atomic mass is 9.99. The van der Waals surface area contributed by atoms with Gasteiger partial charge in [-0.2, -0.15) is 5.10 Å². The van der Waals surface area contributed by atoms with Gasteiger partial charge in [-0.3, -0.25) is 5.43 Å². The van der Waals surface area contributed by atoms with Crippen molar-refractivity contribution in [2.45, 2.75) is 20.8 Å². The summed E-state index contributed by atoms with van der Waals surface area (Å²) in [6.45, 7) is 6.21. The maximum absolute atomic E-state index is 5.40. The van der Waals surface area contributed by atoms with E-state index in [9.17, 15) is 0 Å². The van der Waals surface area contributed by atoms with E-state index in [1.165, 1.54) is 21.9 Å². The van der Waals surface area contributed by atoms with Crippen molar-refractivity contribution in [2.24, 2.45) is 5.10 Å². The molecule has 0 saturated heterocycles. The second kappa shape index (κ2) is 6.46. The van der Waals surface area contributed by atoms with Crippen molar-refractivity contribution in [1.29, 1.82) is 0 Å². The smallest absolute Gasteiger partial charge is 0.203 e. The van der Waals surface area contributed by atoms with Crippen molar-refractivity contribution in [2.75, 3.05) is 12.5 Å². The Balaban J connectivity index is 1.80. The molecule has 0 aliphatic heterocycles. The van der Waals surface area contributed by atoms with Gasteiger partial charge in [0.05, 0.1) is 19.0 Å². The summed E-state index contributed by atoms with van der Waals surface area (Å²) in [5.41, 5.74) is 9.73. The van der Waals surface area contributed by atoms with Gasteiger partial charge >= 0.3 is 0 Å². The van der Waals surface area contributed by atoms with Crippen LogP contribution in [0.5, 0.6) is 5.75 Å². The van der Waals surface area contributed by atoms with E-state index in [1.54, 1.807) is 18.4 Å². The highest BCUT2D eigenvalue weighted by Gasteiger charge is 2.12. The molecule has 0 saturated carbocycles. The van der Waals surface area contributed by atoms with Crippen LogP contribution in [0.1, 0.15) is 22.4 Å². The molecule has 2 aromatic heterocycles. The van der Waals surface area contributed by atoms with E-state index < -0.39 is 0 Å². The molecule has 5 nitrogen and oxygen atoms in total. The van der Waals surface area contributed by atoms with Gasteiger partial charge in [0.1, 0.15) is 5.75 Å². The first-order valence-corrected chi connectivity index (χ1v) is 9.25. The van der Waals surface area contributed by atoms with Crippen molar-refractivity contribution >= 4 is 44.5 Å². The highest BCUT2D eigenvalue weighted by molar-refractivity contribution is 7.13. The summed E-state index contributed by atoms with van der Waals surface area (Å²) < 4.78 is 5.40. The number of benzene rings is 2. The number of thiazole rings is 1. The second-order valence-corrected chi connectivity index (χ2v) is 7.22. The van der Waals surface area contributed by atoms with Gasteiger partial charge in [0.25, 0.3) is 0 Å². The summed E-state index contributed by atoms with van der Waals surface area (Å²) in [5.74, 6) is 0.857. The minimum absolute atomic E-state index is 0.797. The zero-order chi connectivity index (χ0) is 18.3. The number of hydrogen-bond acceptors (Lipinski definition) is 5. The molecule has 4 aromatic rings. The molecule has 0 amide bonds. The van der Waals surface area contributed by atoms with Gasteiger partial charge < -0.3 is 9.72 Å². The zero-order valence-corrected chi connectivity index (χ0v) is 16.0. The van der Waals surface area contributed by atoms with Crippen LogP contribution in [0, 0.1) is 20.8 Å². The molecule has 0 radical (unpaired) electrons. The molecule has 2 aromatic carbocycles. The van der Waals surface area contributed by atoms with Gasteiger partial charge in [0.2, 0.25) is 5.13 Å². The Labute approximate surface area is 155 Å². The van der Waals surface area contributed by atoms with Crippen LogP contribution >= 0.6 is 11.3 Å². The van der Waals surface area contributed by atoms with E-state index in [1.807, 2.05) is 24.6 Å². The summed E-state index contributed by atoms with van der Waals surface area (Å²) in [6, 6.07) is 8.28. The normalized spacial score (nSPS) is 11.7. The number of rotatable bonds is 4. The molecular weight excluding hydrogens is 344 g/mol. The highest BCUT2D eigenvalue weighted by atomic mass is 32.1. The Morgan fingerprint density at radius 1 is 1.23 bits per heavy atom. The molecule has 26 heavy (non-hydrogen) atoms. The molecule has 0 spiro atoms. The van der Waals surface area contributed by atoms with Gasteiger partial charge in [-0.15, -0.1) is 11.3 Å². The van der Waals surface area contributed by atoms with E-state index in [4.69, 9.17) is 4.74 Å². The van der Waals surface area contributed by atoms with E-state index >= 15 is 0 Å². The molecule has 0 bridgehead atoms. The molecule has 2 heterocycles. The fraction of sp³-hybridized carbons (Fsp3) is 0.200. The lowest BCUT2D eigenvalue weighted by molar-refractivity contribution is 0.415. The standard InChI is InChI=1S/C20H20N4OS/c1-11-7-14(9-21-24-20-22-12(2)10-26-20)13(3)18-16-8-15(25-4)5-6-17(16)23-19(11)18/h5-10,23H,1-4H3,(H,22,24). The van der Waals surface area contributed by atoms with Crippen molar-refractivity contribution < 1.29 is 4.74 Å². The molecule has 6 heteroatoms. The number of aromatic nitrogens is 2. The minimum Gasteiger partial charge on any atom is -0.497 e. The first-order valence-electron chi connectivity index (χ1n) is 8.37. The van der Waals surface area contributed by atoms with Crippen LogP contribution < -0.4 is 10.2 Å². The highest BCUT2D eigenvalue weighted by Crippen LogP contribution is 2.34. The van der Waals surface area contributed by atoms with Crippen LogP contribution in [-0.4, -0.2) is 23.3 Å². The molecule has 0 aliphatic rings. The van der Waals surface area contributed by atoms with Crippen molar-refractivity contribution in [1.82, 2.24) is 9.97 Å². The van der Waals surface area contributed by atoms with Crippen molar-refractivity contribution in [3.8, 4) is 5.75 Å². The Morgan fingerprint density at radius 3 is 2.81 bits per heavy atom. The molecular formula is C20H20N4OS. The third-order valence-electron chi connectivity index (χ3n) is 4.56. The number of anilines is 1. The van der Waals surface area contributed by atoms with Crippen LogP contribution in [0.2, 0.25) is 0 Å². The van der Waals surface area contributed by atoms with Crippen LogP contribution in [-0.2, 0) is 0 Å². The summed E-state index contributed by atoms with van der Waals surface area (Å²) >= 11 is 1.55. The quantitative estimate of drug-likeness (QED) is 0.388. The SMILES string of the molecule is COc1ccc2[nH]c3c(C)cc(C=NNc4nc(C)cs4)c(C)c3c2c1. The number of H-pyrrole nitrogens is 1. The fourth-order valence-corrected chi connectivity index (χ4v) is 3.87. The van der Waals surface area contributed by atoms with Gasteiger partial charge in [-0.1, -0.05) is 0 Å². The average Bonchev–Trinajstić information content (AvgIpc) is 3.22. The van der Waals surface area contributed by atoms with Gasteiger partial charge in [-0.05, 0) is 61.7 Å². The van der Waals surface area contributed by atoms with Crippen LogP contribution in [0.25, 0.3) is 21.8 Å². The van der Waals surface area contributed by atoms with Gasteiger partial charge in [-0.25, -0.2) is 4.98 Å². The van der Waals surface area contributed by atoms with E-state index in [-0.39, 0.29) is 0 Å². The summed E-state index contributed by atoms with van der Waals surface area (Å²) in [4.78, 5) is 7.88. The first kappa shape index (κ1) is 16.6. The number of hydrazone groups is 1. The third kappa shape index (κ3) is 2.82. The summed E-state index contributed by atoms with van der Waals surface area (Å²) in [7, 11) is 1.69. The summed E-state index contributed by atoms with van der Waals surface area (Å²) in [6.07, 6.45) is 1.86. The van der Waals surface area contributed by atoms with E-state index in [2.05, 4.69) is 52.5 Å². The first-order chi connectivity index (χ1) is 12.6. The topological polar surface area (TPSA) is 62.3 Å². The third-order valence-corrected chi connectivity index (χ3v) is 5.43. The number of hydrogen-bond donors (Lipinski definition) is 2. The van der Waals surface area contributed by atoms with Gasteiger partial charge in [0.15, 0.2) is 0 Å². The maximum Gasteiger partial charge on any atom is 0.203 e. The number of aryl methyl sites for hydroxylation is 3. The average molecular weight is 364 g/mol. The summed E-state index contributed by atoms with van der Waals surface area (Å²) in [5, 5.41) is 9.54. The molecule has 0 fully saturated rings. The molecule has 0 aliphatic carbocycles. The van der Waals surface area contributed by atoms with Crippen LogP contribution in [0.3, 0.4) is 0 Å². The number of nitrogens with zero attached hydrogens (tertiary/aromatic N) is 2. The number of methoxy groups -OCH3 is 1. The molecule has 2 N–H and O–H groups in total. The van der Waals surface area contributed by atoms with Gasteiger partial charge in [0, 0.05) is 27.2 Å². The number of nitrogens with one attached hydrogen (secondary N) is 2. The number of fused-ring (bicyclic) bond motifs is 3. The predicted octanol–water partition coefficient (Wildman–Crippen LogP) is 5.16. The van der Waals surface area contributed by atoms with E-state index in [0.29, 0.717) is 0 Å². The Hall–Kier alpha value is -2.86. The Bertz CT molecular complexity index is 1140. The molecule has 132 valence electrons. The van der Waals surface area contributed by atoms with Crippen molar-refractivity contribution in [3.05, 3.63) is 52.0 Å². The van der Waals surface area contributed by atoms with Crippen molar-refractivity contribution in [3.63, 3.8) is 0 Å². The zero-order valence-electron chi connectivity index (χ0n) is 15.2. The molecule has 0 unspecified atom stereocenters. The lowest BCUT2D eigenvalue weighted by Crippen LogP contribution is -1.94. The molecule has 0 atom stereocenters. The number of aromatic amines is 1. The Morgan fingerprint density at radius 2 is 2.08 bits per heavy atom. The van der Waals surface area contributed by atoms with E-state index in [0.717, 1.165) is 33.2 Å². The molecule has 4 rings (SSSR count). The fourth-order valence-electron chi connectivity index (χ4n) is 3.24. The number of ether oxygens (including phenoxy) is 1. The second-order valence-electron chi connectivity index (χ2n) is 6.36. The lowest BCUT2D eigenvalue weighted by Gasteiger charge is -2.06. The van der Waals surface area contributed by atoms with Crippen LogP contribution in [0.15, 0.2) is 34.7 Å².